The molecule has 1 N–H and O–H groups in total. The van der Waals surface area contributed by atoms with Gasteiger partial charge >= 0.3 is 0 Å². The van der Waals surface area contributed by atoms with Gasteiger partial charge in [-0.15, -0.1) is 0 Å². The summed E-state index contributed by atoms with van der Waals surface area (Å²) in [4.78, 5) is 2.26. The van der Waals surface area contributed by atoms with E-state index in [1.807, 2.05) is 30.3 Å². The Morgan fingerprint density at radius 2 is 2.11 bits per heavy atom. The van der Waals surface area contributed by atoms with Crippen LogP contribution in [0.1, 0.15) is 37.3 Å². The Morgan fingerprint density at radius 3 is 2.78 bits per heavy atom. The molecule has 1 aromatic carbocycles. The normalized spacial score (nSPS) is 22.3. The molecule has 3 heteroatoms. The van der Waals surface area contributed by atoms with E-state index >= 15 is 0 Å². The smallest absolute Gasteiger partial charge is 0.124 e. The van der Waals surface area contributed by atoms with Crippen LogP contribution in [0.3, 0.4) is 0 Å². The maximum atomic E-state index is 9.46. The summed E-state index contributed by atoms with van der Waals surface area (Å²) in [5.41, 5.74) is 1.06. The van der Waals surface area contributed by atoms with Crippen LogP contribution in [-0.4, -0.2) is 29.2 Å². The van der Waals surface area contributed by atoms with Crippen LogP contribution in [0.2, 0.25) is 0 Å². The van der Waals surface area contributed by atoms with Crippen molar-refractivity contribution < 1.29 is 5.11 Å². The molecule has 0 spiro atoms. The third kappa shape index (κ3) is 2.90. The number of aliphatic hydroxyl groups excluding tert-OH is 1. The molecule has 1 aromatic rings. The van der Waals surface area contributed by atoms with E-state index in [0.717, 1.165) is 31.4 Å². The van der Waals surface area contributed by atoms with Crippen molar-refractivity contribution in [2.24, 2.45) is 0 Å². The standard InChI is InChI=1S/C15H20N2O/c16-12-15(13-6-2-1-3-7-13)17-10-5-4-8-14(17)9-11-18/h1-3,6-7,14-15,18H,4-5,8-11H2. The number of aliphatic hydroxyl groups is 1. The van der Waals surface area contributed by atoms with Crippen molar-refractivity contribution >= 4 is 0 Å². The van der Waals surface area contributed by atoms with Crippen molar-refractivity contribution in [3.63, 3.8) is 0 Å². The van der Waals surface area contributed by atoms with Gasteiger partial charge in [0.25, 0.3) is 0 Å². The lowest BCUT2D eigenvalue weighted by molar-refractivity contribution is 0.0964. The maximum absolute atomic E-state index is 9.46. The Hall–Kier alpha value is -1.37. The summed E-state index contributed by atoms with van der Waals surface area (Å²) < 4.78 is 0. The summed E-state index contributed by atoms with van der Waals surface area (Å²) in [6, 6.07) is 12.5. The van der Waals surface area contributed by atoms with E-state index in [2.05, 4.69) is 11.0 Å². The Morgan fingerprint density at radius 1 is 1.33 bits per heavy atom. The van der Waals surface area contributed by atoms with Crippen LogP contribution in [0.15, 0.2) is 30.3 Å². The zero-order valence-electron chi connectivity index (χ0n) is 10.6. The van der Waals surface area contributed by atoms with Gasteiger partial charge in [0.05, 0.1) is 6.07 Å². The molecule has 1 aliphatic heterocycles. The first-order valence-electron chi connectivity index (χ1n) is 6.68. The van der Waals surface area contributed by atoms with E-state index < -0.39 is 0 Å². The van der Waals surface area contributed by atoms with Gasteiger partial charge in [0.15, 0.2) is 0 Å². The lowest BCUT2D eigenvalue weighted by Gasteiger charge is -2.38. The molecule has 1 fully saturated rings. The number of rotatable bonds is 4. The van der Waals surface area contributed by atoms with Gasteiger partial charge in [-0.3, -0.25) is 4.90 Å². The van der Waals surface area contributed by atoms with Crippen LogP contribution in [0.5, 0.6) is 0 Å². The number of piperidine rings is 1. The maximum Gasteiger partial charge on any atom is 0.124 e. The molecule has 0 radical (unpaired) electrons. The number of nitrogens with zero attached hydrogens (tertiary/aromatic N) is 2. The molecule has 1 heterocycles. The van der Waals surface area contributed by atoms with Crippen LogP contribution in [-0.2, 0) is 0 Å². The molecule has 1 saturated heterocycles. The van der Waals surface area contributed by atoms with Gasteiger partial charge in [-0.1, -0.05) is 36.8 Å². The number of hydrogen-bond donors (Lipinski definition) is 1. The highest BCUT2D eigenvalue weighted by Gasteiger charge is 2.29. The molecule has 0 aliphatic carbocycles. The molecule has 3 nitrogen and oxygen atoms in total. The number of likely N-dealkylation sites (tertiary alicyclic amines) is 1. The van der Waals surface area contributed by atoms with Crippen LogP contribution in [0, 0.1) is 11.3 Å². The van der Waals surface area contributed by atoms with Gasteiger partial charge in [-0.2, -0.15) is 5.26 Å². The van der Waals surface area contributed by atoms with E-state index in [0.29, 0.717) is 6.04 Å². The van der Waals surface area contributed by atoms with Crippen LogP contribution in [0.25, 0.3) is 0 Å². The van der Waals surface area contributed by atoms with Gasteiger partial charge < -0.3 is 5.11 Å². The number of benzene rings is 1. The van der Waals surface area contributed by atoms with Crippen LogP contribution in [0.4, 0.5) is 0 Å². The van der Waals surface area contributed by atoms with Gasteiger partial charge in [0.1, 0.15) is 6.04 Å². The molecule has 1 aliphatic rings. The van der Waals surface area contributed by atoms with E-state index in [9.17, 15) is 5.26 Å². The fourth-order valence-electron chi connectivity index (χ4n) is 2.80. The molecule has 0 saturated carbocycles. The van der Waals surface area contributed by atoms with Crippen molar-refractivity contribution in [3.05, 3.63) is 35.9 Å². The lowest BCUT2D eigenvalue weighted by Crippen LogP contribution is -2.42. The van der Waals surface area contributed by atoms with Crippen molar-refractivity contribution in [2.45, 2.75) is 37.8 Å². The molecule has 2 unspecified atom stereocenters. The first-order valence-corrected chi connectivity index (χ1v) is 6.68. The molecule has 18 heavy (non-hydrogen) atoms. The largest absolute Gasteiger partial charge is 0.396 e. The second-order valence-electron chi connectivity index (χ2n) is 4.84. The molecule has 2 rings (SSSR count). The van der Waals surface area contributed by atoms with E-state index in [1.165, 1.54) is 6.42 Å². The molecule has 0 bridgehead atoms. The summed E-state index contributed by atoms with van der Waals surface area (Å²) >= 11 is 0. The minimum atomic E-state index is -0.178. The Labute approximate surface area is 109 Å². The predicted molar refractivity (Wildman–Crippen MR) is 70.8 cm³/mol. The van der Waals surface area contributed by atoms with Crippen LogP contribution >= 0.6 is 0 Å². The zero-order valence-corrected chi connectivity index (χ0v) is 10.6. The summed E-state index contributed by atoms with van der Waals surface area (Å²) in [5, 5.41) is 18.6. The van der Waals surface area contributed by atoms with Crippen LogP contribution < -0.4 is 0 Å². The summed E-state index contributed by atoms with van der Waals surface area (Å²) in [7, 11) is 0. The number of hydrogen-bond acceptors (Lipinski definition) is 3. The highest BCUT2D eigenvalue weighted by Crippen LogP contribution is 2.29. The Balaban J connectivity index is 2.18. The molecule has 2 atom stereocenters. The van der Waals surface area contributed by atoms with E-state index in [-0.39, 0.29) is 12.6 Å². The van der Waals surface area contributed by atoms with Crippen molar-refractivity contribution in [3.8, 4) is 6.07 Å². The quantitative estimate of drug-likeness (QED) is 0.885. The SMILES string of the molecule is N#CC(c1ccccc1)N1CCCCC1CCO. The third-order valence-electron chi connectivity index (χ3n) is 3.70. The van der Waals surface area contributed by atoms with Gasteiger partial charge in [-0.05, 0) is 24.8 Å². The Bertz CT molecular complexity index is 397. The second-order valence-corrected chi connectivity index (χ2v) is 4.84. The van der Waals surface area contributed by atoms with E-state index in [1.54, 1.807) is 0 Å². The average Bonchev–Trinajstić information content (AvgIpc) is 2.43. The third-order valence-corrected chi connectivity index (χ3v) is 3.70. The zero-order chi connectivity index (χ0) is 12.8. The summed E-state index contributed by atoms with van der Waals surface area (Å²) in [6.07, 6.45) is 4.21. The minimum Gasteiger partial charge on any atom is -0.396 e. The highest BCUT2D eigenvalue weighted by molar-refractivity contribution is 5.24. The molecule has 0 amide bonds. The fraction of sp³-hybridized carbons (Fsp3) is 0.533. The van der Waals surface area contributed by atoms with Gasteiger partial charge in [0, 0.05) is 19.2 Å². The molecule has 96 valence electrons. The number of nitriles is 1. The average molecular weight is 244 g/mol. The first kappa shape index (κ1) is 13.1. The molecule has 0 aromatic heterocycles. The van der Waals surface area contributed by atoms with Gasteiger partial charge in [-0.25, -0.2) is 0 Å². The van der Waals surface area contributed by atoms with E-state index in [4.69, 9.17) is 5.11 Å². The topological polar surface area (TPSA) is 47.3 Å². The lowest BCUT2D eigenvalue weighted by atomic mass is 9.95. The Kier molecular flexibility index (Phi) is 4.74. The van der Waals surface area contributed by atoms with Crippen molar-refractivity contribution in [1.29, 1.82) is 5.26 Å². The highest BCUT2D eigenvalue weighted by atomic mass is 16.3. The van der Waals surface area contributed by atoms with Crippen molar-refractivity contribution in [1.82, 2.24) is 4.90 Å². The summed E-state index contributed by atoms with van der Waals surface area (Å²) in [6.45, 7) is 1.16. The van der Waals surface area contributed by atoms with Crippen molar-refractivity contribution in [2.75, 3.05) is 13.2 Å². The minimum absolute atomic E-state index is 0.178. The molecular formula is C15H20N2O. The first-order chi connectivity index (χ1) is 8.86. The van der Waals surface area contributed by atoms with Gasteiger partial charge in [0.2, 0.25) is 0 Å². The summed E-state index contributed by atoms with van der Waals surface area (Å²) in [5.74, 6) is 0. The second kappa shape index (κ2) is 6.53. The fourth-order valence-corrected chi connectivity index (χ4v) is 2.80. The molecular weight excluding hydrogens is 224 g/mol. The predicted octanol–water partition coefficient (Wildman–Crippen LogP) is 2.49. The monoisotopic (exact) mass is 244 g/mol.